The molecule has 0 amide bonds. The van der Waals surface area contributed by atoms with Gasteiger partial charge in [0.1, 0.15) is 0 Å². The van der Waals surface area contributed by atoms with Crippen molar-refractivity contribution in [1.82, 2.24) is 0 Å². The van der Waals surface area contributed by atoms with Crippen LogP contribution in [-0.4, -0.2) is 17.9 Å². The van der Waals surface area contributed by atoms with Gasteiger partial charge in [0.25, 0.3) is 0 Å². The van der Waals surface area contributed by atoms with E-state index in [-0.39, 0.29) is 5.78 Å². The number of Topliss-reactive ketones (excluding diaryl/α,β-unsaturated/α-hetero) is 1. The van der Waals surface area contributed by atoms with Crippen molar-refractivity contribution in [3.63, 3.8) is 0 Å². The molecule has 0 radical (unpaired) electrons. The normalized spacial score (nSPS) is 12.8. The van der Waals surface area contributed by atoms with E-state index in [0.29, 0.717) is 11.1 Å². The fourth-order valence-electron chi connectivity index (χ4n) is 2.58. The molecular formula is C22H17BrO3. The third kappa shape index (κ3) is 4.27. The molecule has 0 aromatic heterocycles. The number of alkyl halides is 1. The molecule has 4 heteroatoms. The van der Waals surface area contributed by atoms with Crippen molar-refractivity contribution >= 4 is 27.7 Å². The quantitative estimate of drug-likeness (QED) is 0.318. The van der Waals surface area contributed by atoms with Crippen LogP contribution in [0, 0.1) is 0 Å². The molecule has 0 aliphatic rings. The van der Waals surface area contributed by atoms with Gasteiger partial charge in [0.2, 0.25) is 5.78 Å². The second-order valence-electron chi connectivity index (χ2n) is 5.73. The lowest BCUT2D eigenvalue weighted by atomic mass is 9.99. The van der Waals surface area contributed by atoms with E-state index in [0.717, 1.165) is 5.56 Å². The van der Waals surface area contributed by atoms with Crippen molar-refractivity contribution in [1.29, 1.82) is 0 Å². The summed E-state index contributed by atoms with van der Waals surface area (Å²) in [4.78, 5) is 25.1. The van der Waals surface area contributed by atoms with Crippen LogP contribution >= 0.6 is 15.9 Å². The second kappa shape index (κ2) is 8.59. The Morgan fingerprint density at radius 1 is 0.692 bits per heavy atom. The van der Waals surface area contributed by atoms with Gasteiger partial charge in [-0.3, -0.25) is 4.79 Å². The number of esters is 1. The number of hydrogen-bond donors (Lipinski definition) is 0. The van der Waals surface area contributed by atoms with Gasteiger partial charge in [0.05, 0.1) is 10.4 Å². The maximum atomic E-state index is 13.0. The number of ether oxygens (including phenoxy) is 1. The molecule has 0 saturated heterocycles. The third-order valence-electron chi connectivity index (χ3n) is 3.94. The van der Waals surface area contributed by atoms with Crippen LogP contribution in [-0.2, 0) is 4.74 Å². The Bertz CT molecular complexity index is 864. The summed E-state index contributed by atoms with van der Waals surface area (Å²) in [5, 5.41) is 0. The maximum absolute atomic E-state index is 13.0. The Hall–Kier alpha value is -2.72. The molecule has 0 spiro atoms. The van der Waals surface area contributed by atoms with E-state index in [2.05, 4.69) is 15.9 Å². The fourth-order valence-corrected chi connectivity index (χ4v) is 3.24. The van der Waals surface area contributed by atoms with E-state index >= 15 is 0 Å². The molecule has 0 aliphatic carbocycles. The molecule has 0 fully saturated rings. The first-order valence-electron chi connectivity index (χ1n) is 8.21. The summed E-state index contributed by atoms with van der Waals surface area (Å²) >= 11 is 3.55. The molecule has 26 heavy (non-hydrogen) atoms. The molecule has 0 bridgehead atoms. The van der Waals surface area contributed by atoms with Gasteiger partial charge in [-0.05, 0) is 17.7 Å². The molecule has 0 heterocycles. The van der Waals surface area contributed by atoms with Gasteiger partial charge in [-0.25, -0.2) is 4.79 Å². The monoisotopic (exact) mass is 408 g/mol. The Morgan fingerprint density at radius 2 is 1.15 bits per heavy atom. The van der Waals surface area contributed by atoms with Gasteiger partial charge in [-0.15, -0.1) is 0 Å². The molecule has 3 rings (SSSR count). The lowest BCUT2D eigenvalue weighted by Crippen LogP contribution is -2.31. The zero-order valence-electron chi connectivity index (χ0n) is 13.9. The molecule has 130 valence electrons. The highest BCUT2D eigenvalue weighted by atomic mass is 79.9. The molecule has 3 aromatic rings. The lowest BCUT2D eigenvalue weighted by molar-refractivity contribution is 0.0282. The topological polar surface area (TPSA) is 43.4 Å². The zero-order chi connectivity index (χ0) is 18.4. The number of hydrogen-bond acceptors (Lipinski definition) is 3. The average molecular weight is 409 g/mol. The number of benzene rings is 3. The highest BCUT2D eigenvalue weighted by Crippen LogP contribution is 2.31. The Labute approximate surface area is 160 Å². The first-order chi connectivity index (χ1) is 12.7. The standard InChI is InChI=1S/C22H17BrO3/c23-19(16-10-4-1-5-11-16)21(20(24)17-12-6-2-7-13-17)26-22(25)18-14-8-3-9-15-18/h1-15,19,21H/t19-,21+/m0/s1. The van der Waals surface area contributed by atoms with Crippen LogP contribution in [0.5, 0.6) is 0 Å². The highest BCUT2D eigenvalue weighted by Gasteiger charge is 2.32. The number of carbonyl (C=O) groups is 2. The Balaban J connectivity index is 1.91. The summed E-state index contributed by atoms with van der Waals surface area (Å²) in [6.07, 6.45) is -0.979. The van der Waals surface area contributed by atoms with Crippen LogP contribution in [0.15, 0.2) is 91.0 Å². The molecule has 2 atom stereocenters. The molecular weight excluding hydrogens is 392 g/mol. The van der Waals surface area contributed by atoms with E-state index in [9.17, 15) is 9.59 Å². The summed E-state index contributed by atoms with van der Waals surface area (Å²) in [5.41, 5.74) is 1.77. The van der Waals surface area contributed by atoms with Crippen molar-refractivity contribution in [2.75, 3.05) is 0 Å². The van der Waals surface area contributed by atoms with Crippen molar-refractivity contribution in [2.45, 2.75) is 10.9 Å². The van der Waals surface area contributed by atoms with Crippen molar-refractivity contribution in [3.05, 3.63) is 108 Å². The second-order valence-corrected chi connectivity index (χ2v) is 6.72. The van der Waals surface area contributed by atoms with E-state index in [1.54, 1.807) is 48.5 Å². The van der Waals surface area contributed by atoms with Crippen LogP contribution < -0.4 is 0 Å². The average Bonchev–Trinajstić information content (AvgIpc) is 2.73. The summed E-state index contributed by atoms with van der Waals surface area (Å²) in [7, 11) is 0. The Kier molecular flexibility index (Phi) is 5.97. The maximum Gasteiger partial charge on any atom is 0.338 e. The van der Waals surface area contributed by atoms with Gasteiger partial charge in [-0.2, -0.15) is 0 Å². The van der Waals surface area contributed by atoms with Crippen molar-refractivity contribution in [3.8, 4) is 0 Å². The summed E-state index contributed by atoms with van der Waals surface area (Å²) < 4.78 is 5.63. The molecule has 0 saturated carbocycles. The number of ketones is 1. The highest BCUT2D eigenvalue weighted by molar-refractivity contribution is 9.09. The SMILES string of the molecule is O=C(O[C@@H](C(=O)c1ccccc1)[C@@H](Br)c1ccccc1)c1ccccc1. The van der Waals surface area contributed by atoms with Crippen LogP contribution in [0.4, 0.5) is 0 Å². The number of rotatable bonds is 6. The summed E-state index contributed by atoms with van der Waals surface area (Å²) in [6.45, 7) is 0. The van der Waals surface area contributed by atoms with Crippen LogP contribution in [0.2, 0.25) is 0 Å². The van der Waals surface area contributed by atoms with Crippen LogP contribution in [0.3, 0.4) is 0 Å². The minimum absolute atomic E-state index is 0.249. The third-order valence-corrected chi connectivity index (χ3v) is 4.95. The lowest BCUT2D eigenvalue weighted by Gasteiger charge is -2.22. The molecule has 3 aromatic carbocycles. The predicted molar refractivity (Wildman–Crippen MR) is 105 cm³/mol. The van der Waals surface area contributed by atoms with Crippen LogP contribution in [0.1, 0.15) is 31.1 Å². The first kappa shape index (κ1) is 18.1. The largest absolute Gasteiger partial charge is 0.449 e. The minimum Gasteiger partial charge on any atom is -0.449 e. The first-order valence-corrected chi connectivity index (χ1v) is 9.12. The predicted octanol–water partition coefficient (Wildman–Crippen LogP) is 5.23. The van der Waals surface area contributed by atoms with E-state index in [1.165, 1.54) is 0 Å². The molecule has 3 nitrogen and oxygen atoms in total. The number of carbonyl (C=O) groups excluding carboxylic acids is 2. The molecule has 0 N–H and O–H groups in total. The number of halogens is 1. The van der Waals surface area contributed by atoms with Crippen molar-refractivity contribution < 1.29 is 14.3 Å². The smallest absolute Gasteiger partial charge is 0.338 e. The Morgan fingerprint density at radius 3 is 1.69 bits per heavy atom. The van der Waals surface area contributed by atoms with E-state index < -0.39 is 16.9 Å². The van der Waals surface area contributed by atoms with E-state index in [4.69, 9.17) is 4.74 Å². The fraction of sp³-hybridized carbons (Fsp3) is 0.0909. The molecule has 0 aliphatic heterocycles. The van der Waals surface area contributed by atoms with Gasteiger partial charge >= 0.3 is 5.97 Å². The van der Waals surface area contributed by atoms with E-state index in [1.807, 2.05) is 42.5 Å². The van der Waals surface area contributed by atoms with Crippen LogP contribution in [0.25, 0.3) is 0 Å². The van der Waals surface area contributed by atoms with Gasteiger partial charge in [-0.1, -0.05) is 94.8 Å². The van der Waals surface area contributed by atoms with Crippen molar-refractivity contribution in [2.24, 2.45) is 0 Å². The van der Waals surface area contributed by atoms with Gasteiger partial charge in [0.15, 0.2) is 6.10 Å². The zero-order valence-corrected chi connectivity index (χ0v) is 15.5. The van der Waals surface area contributed by atoms with Gasteiger partial charge < -0.3 is 4.74 Å². The molecule has 0 unspecified atom stereocenters. The minimum atomic E-state index is -0.979. The van der Waals surface area contributed by atoms with Gasteiger partial charge in [0, 0.05) is 5.56 Å². The summed E-state index contributed by atoms with van der Waals surface area (Å²) in [5.74, 6) is -0.777. The summed E-state index contributed by atoms with van der Waals surface area (Å²) in [6, 6.07) is 27.0.